The third kappa shape index (κ3) is 2.93. The lowest BCUT2D eigenvalue weighted by Crippen LogP contribution is -2.62. The Balaban J connectivity index is 1.41. The summed E-state index contributed by atoms with van der Waals surface area (Å²) < 4.78 is 2.04. The number of imidazole rings is 1. The van der Waals surface area contributed by atoms with E-state index in [2.05, 4.69) is 21.8 Å². The van der Waals surface area contributed by atoms with Gasteiger partial charge in [-0.3, -0.25) is 4.90 Å². The molecule has 0 unspecified atom stereocenters. The number of allylic oxidation sites excluding steroid dienone is 1. The summed E-state index contributed by atoms with van der Waals surface area (Å²) in [7, 11) is 1.98. The number of pyridine rings is 1. The van der Waals surface area contributed by atoms with Crippen molar-refractivity contribution in [1.29, 1.82) is 0 Å². The van der Waals surface area contributed by atoms with Gasteiger partial charge < -0.3 is 14.8 Å². The van der Waals surface area contributed by atoms with E-state index >= 15 is 0 Å². The molecule has 0 atom stereocenters. The molecule has 1 saturated heterocycles. The van der Waals surface area contributed by atoms with Crippen molar-refractivity contribution in [3.63, 3.8) is 0 Å². The maximum Gasteiger partial charge on any atom is 0.326 e. The summed E-state index contributed by atoms with van der Waals surface area (Å²) in [6, 6.07) is 9.92. The predicted molar refractivity (Wildman–Crippen MR) is 118 cm³/mol. The number of fused-ring (bicyclic) bond motifs is 1. The van der Waals surface area contributed by atoms with Gasteiger partial charge in [0.15, 0.2) is 0 Å². The number of anilines is 1. The van der Waals surface area contributed by atoms with Crippen molar-refractivity contribution in [2.24, 2.45) is 7.05 Å². The van der Waals surface area contributed by atoms with Crippen LogP contribution in [0.3, 0.4) is 0 Å². The van der Waals surface area contributed by atoms with Crippen molar-refractivity contribution in [1.82, 2.24) is 24.8 Å². The molecule has 2 aliphatic rings. The predicted octanol–water partition coefficient (Wildman–Crippen LogP) is 3.92. The fourth-order valence-corrected chi connectivity index (χ4v) is 4.07. The van der Waals surface area contributed by atoms with Crippen molar-refractivity contribution in [3.8, 4) is 11.4 Å². The van der Waals surface area contributed by atoms with Crippen molar-refractivity contribution in [2.45, 2.75) is 13.0 Å². The lowest BCUT2D eigenvalue weighted by molar-refractivity contribution is 0.189. The number of benzene rings is 1. The maximum absolute atomic E-state index is 12.3. The van der Waals surface area contributed by atoms with Gasteiger partial charge in [0.05, 0.1) is 22.1 Å². The molecule has 1 N–H and O–H groups in total. The maximum atomic E-state index is 12.3. The molecule has 2 aliphatic heterocycles. The number of amides is 2. The Hall–Kier alpha value is -3.32. The summed E-state index contributed by atoms with van der Waals surface area (Å²) in [5, 5.41) is 3.36. The summed E-state index contributed by atoms with van der Waals surface area (Å²) in [4.78, 5) is 25.4. The summed E-state index contributed by atoms with van der Waals surface area (Å²) in [5.74, 6) is 1.62. The van der Waals surface area contributed by atoms with Crippen LogP contribution in [0.15, 0.2) is 60.6 Å². The smallest absolute Gasteiger partial charge is 0.326 e. The zero-order valence-corrected chi connectivity index (χ0v) is 17.5. The van der Waals surface area contributed by atoms with Crippen LogP contribution in [0.1, 0.15) is 6.92 Å². The minimum Gasteiger partial charge on any atom is -0.352 e. The highest BCUT2D eigenvalue weighted by atomic mass is 35.5. The van der Waals surface area contributed by atoms with E-state index in [4.69, 9.17) is 16.6 Å². The number of aryl methyl sites for hydroxylation is 1. The first-order valence-electron chi connectivity index (χ1n) is 9.71. The third-order valence-corrected chi connectivity index (χ3v) is 6.05. The minimum absolute atomic E-state index is 0.0877. The van der Waals surface area contributed by atoms with Gasteiger partial charge in [-0.15, -0.1) is 0 Å². The summed E-state index contributed by atoms with van der Waals surface area (Å²) in [6.45, 7) is 7.18. The molecular formula is C22H21ClN6O. The highest BCUT2D eigenvalue weighted by Gasteiger charge is 2.36. The van der Waals surface area contributed by atoms with Gasteiger partial charge >= 0.3 is 6.03 Å². The molecule has 4 heterocycles. The number of nitrogens with zero attached hydrogens (tertiary/aromatic N) is 5. The second kappa shape index (κ2) is 6.88. The Morgan fingerprint density at radius 1 is 1.27 bits per heavy atom. The second-order valence-corrected chi connectivity index (χ2v) is 8.10. The third-order valence-electron chi connectivity index (χ3n) is 5.75. The number of hydrogen-bond donors (Lipinski definition) is 1. The first kappa shape index (κ1) is 18.7. The average Bonchev–Trinajstić information content (AvgIpc) is 3.02. The van der Waals surface area contributed by atoms with Crippen molar-refractivity contribution in [3.05, 3.63) is 65.6 Å². The molecule has 30 heavy (non-hydrogen) atoms. The number of urea groups is 1. The van der Waals surface area contributed by atoms with E-state index in [-0.39, 0.29) is 12.1 Å². The molecule has 0 spiro atoms. The van der Waals surface area contributed by atoms with Crippen molar-refractivity contribution >= 4 is 34.5 Å². The van der Waals surface area contributed by atoms with E-state index in [9.17, 15) is 4.79 Å². The Morgan fingerprint density at radius 2 is 2.03 bits per heavy atom. The number of carbonyl (C=O) groups is 1. The molecule has 5 rings (SSSR count). The highest BCUT2D eigenvalue weighted by Crippen LogP contribution is 2.33. The van der Waals surface area contributed by atoms with Gasteiger partial charge in [-0.1, -0.05) is 30.3 Å². The molecule has 0 radical (unpaired) electrons. The summed E-state index contributed by atoms with van der Waals surface area (Å²) >= 11 is 6.48. The van der Waals surface area contributed by atoms with Gasteiger partial charge in [0, 0.05) is 43.8 Å². The number of nitrogens with one attached hydrogen (secondary N) is 1. The topological polar surface area (TPSA) is 66.3 Å². The SMILES string of the molecule is C=C1NC(=O)N(C2CN(c3cc(-c4nc5ccccc5n4C)c(Cl)cn3)C2)C=C1C. The standard InChI is InChI=1S/C22H21ClN6O/c1-13-10-29(22(30)25-14(13)2)15-11-28(12-15)20-8-16(17(23)9-24-20)21-26-18-6-4-5-7-19(18)27(21)3/h4-10,15H,2,11-12H2,1,3H3,(H,25,30). The van der Waals surface area contributed by atoms with E-state index < -0.39 is 0 Å². The summed E-state index contributed by atoms with van der Waals surface area (Å²) in [6.07, 6.45) is 3.53. The van der Waals surface area contributed by atoms with Crippen molar-refractivity contribution in [2.75, 3.05) is 18.0 Å². The van der Waals surface area contributed by atoms with Gasteiger partial charge in [-0.25, -0.2) is 14.8 Å². The molecule has 1 aromatic carbocycles. The van der Waals surface area contributed by atoms with Gasteiger partial charge in [0.2, 0.25) is 0 Å². The monoisotopic (exact) mass is 420 g/mol. The van der Waals surface area contributed by atoms with Crippen LogP contribution < -0.4 is 10.2 Å². The number of rotatable bonds is 3. The Bertz CT molecular complexity index is 1220. The van der Waals surface area contributed by atoms with Crippen LogP contribution in [0.4, 0.5) is 10.6 Å². The molecule has 8 heteroatoms. The van der Waals surface area contributed by atoms with Crippen LogP contribution in [-0.4, -0.2) is 44.6 Å². The first-order chi connectivity index (χ1) is 14.4. The fourth-order valence-electron chi connectivity index (χ4n) is 3.89. The Morgan fingerprint density at radius 3 is 2.80 bits per heavy atom. The van der Waals surface area contributed by atoms with Crippen LogP contribution in [-0.2, 0) is 7.05 Å². The van der Waals surface area contributed by atoms with Crippen molar-refractivity contribution < 1.29 is 4.79 Å². The van der Waals surface area contributed by atoms with E-state index in [1.807, 2.05) is 55.1 Å². The fraction of sp³-hybridized carbons (Fsp3) is 0.227. The number of hydrogen-bond acceptors (Lipinski definition) is 4. The second-order valence-electron chi connectivity index (χ2n) is 7.69. The molecule has 2 aromatic heterocycles. The first-order valence-corrected chi connectivity index (χ1v) is 10.1. The normalized spacial score (nSPS) is 17.2. The summed E-state index contributed by atoms with van der Waals surface area (Å²) in [5.41, 5.74) is 4.42. The highest BCUT2D eigenvalue weighted by molar-refractivity contribution is 6.33. The van der Waals surface area contributed by atoms with Crippen LogP contribution in [0, 0.1) is 0 Å². The van der Waals surface area contributed by atoms with E-state index in [0.717, 1.165) is 33.8 Å². The van der Waals surface area contributed by atoms with E-state index in [1.54, 1.807) is 11.1 Å². The van der Waals surface area contributed by atoms with Gasteiger partial charge in [0.1, 0.15) is 11.6 Å². The zero-order valence-electron chi connectivity index (χ0n) is 16.8. The Kier molecular flexibility index (Phi) is 4.29. The molecule has 2 amide bonds. The quantitative estimate of drug-likeness (QED) is 0.697. The zero-order chi connectivity index (χ0) is 21.0. The van der Waals surface area contributed by atoms with E-state index in [0.29, 0.717) is 23.8 Å². The van der Waals surface area contributed by atoms with Crippen LogP contribution in [0.2, 0.25) is 5.02 Å². The van der Waals surface area contributed by atoms with Gasteiger partial charge in [-0.05, 0) is 30.7 Å². The number of halogens is 1. The lowest BCUT2D eigenvalue weighted by atomic mass is 10.1. The van der Waals surface area contributed by atoms with Crippen LogP contribution >= 0.6 is 11.6 Å². The van der Waals surface area contributed by atoms with Crippen LogP contribution in [0.5, 0.6) is 0 Å². The van der Waals surface area contributed by atoms with Crippen LogP contribution in [0.25, 0.3) is 22.4 Å². The lowest BCUT2D eigenvalue weighted by Gasteiger charge is -2.45. The van der Waals surface area contributed by atoms with E-state index in [1.165, 1.54) is 0 Å². The molecule has 1 fully saturated rings. The molecule has 0 bridgehead atoms. The minimum atomic E-state index is -0.139. The Labute approximate surface area is 179 Å². The number of para-hydroxylation sites is 2. The number of aromatic nitrogens is 3. The molecule has 0 aliphatic carbocycles. The molecular weight excluding hydrogens is 400 g/mol. The average molecular weight is 421 g/mol. The molecule has 0 saturated carbocycles. The number of carbonyl (C=O) groups excluding carboxylic acids is 1. The molecule has 7 nitrogen and oxygen atoms in total. The van der Waals surface area contributed by atoms with Gasteiger partial charge in [0.25, 0.3) is 0 Å². The molecule has 152 valence electrons. The molecule has 3 aromatic rings. The van der Waals surface area contributed by atoms with Gasteiger partial charge in [-0.2, -0.15) is 0 Å². The largest absolute Gasteiger partial charge is 0.352 e.